The van der Waals surface area contributed by atoms with E-state index in [9.17, 15) is 4.79 Å². The van der Waals surface area contributed by atoms with E-state index in [1.807, 2.05) is 20.2 Å². The molecule has 2 atom stereocenters. The Labute approximate surface area is 124 Å². The third-order valence-electron chi connectivity index (χ3n) is 4.42. The van der Waals surface area contributed by atoms with Gasteiger partial charge in [-0.2, -0.15) is 0 Å². The molecular weight excluding hydrogens is 266 g/mol. The Hall–Kier alpha value is -1.59. The monoisotopic (exact) mass is 289 g/mol. The first-order valence-electron chi connectivity index (χ1n) is 7.63. The van der Waals surface area contributed by atoms with E-state index in [1.165, 1.54) is 5.56 Å². The number of imidazole rings is 1. The van der Waals surface area contributed by atoms with Crippen LogP contribution in [0, 0.1) is 0 Å². The molecule has 1 aromatic carbocycles. The van der Waals surface area contributed by atoms with Crippen molar-refractivity contribution >= 4 is 11.0 Å². The number of likely N-dealkylation sites (N-methyl/N-ethyl adjacent to an activating group) is 1. The highest BCUT2D eigenvalue weighted by Gasteiger charge is 2.27. The van der Waals surface area contributed by atoms with Crippen molar-refractivity contribution in [1.82, 2.24) is 14.5 Å². The molecule has 2 heterocycles. The summed E-state index contributed by atoms with van der Waals surface area (Å²) in [5.74, 6) is 0. The molecule has 1 N–H and O–H groups in total. The first-order valence-corrected chi connectivity index (χ1v) is 7.63. The third kappa shape index (κ3) is 2.40. The SMILES string of the molecule is CCNC(c1ccc2c(c1)n(C)c(=O)n2C)C1CCCO1. The molecule has 1 fully saturated rings. The smallest absolute Gasteiger partial charge is 0.328 e. The first kappa shape index (κ1) is 14.4. The Kier molecular flexibility index (Phi) is 3.87. The maximum absolute atomic E-state index is 12.0. The molecule has 3 rings (SSSR count). The number of fused-ring (bicyclic) bond motifs is 1. The molecule has 21 heavy (non-hydrogen) atoms. The molecule has 5 nitrogen and oxygen atoms in total. The van der Waals surface area contributed by atoms with Crippen LogP contribution in [0.5, 0.6) is 0 Å². The summed E-state index contributed by atoms with van der Waals surface area (Å²) in [5.41, 5.74) is 3.14. The van der Waals surface area contributed by atoms with Crippen molar-refractivity contribution in [2.24, 2.45) is 14.1 Å². The average Bonchev–Trinajstić information content (AvgIpc) is 3.09. The van der Waals surface area contributed by atoms with E-state index in [0.717, 1.165) is 37.0 Å². The standard InChI is InChI=1S/C16H23N3O2/c1-4-17-15(14-6-5-9-21-14)11-7-8-12-13(10-11)19(3)16(20)18(12)2/h7-8,10,14-15,17H,4-6,9H2,1-3H3. The van der Waals surface area contributed by atoms with Crippen LogP contribution in [-0.4, -0.2) is 28.4 Å². The summed E-state index contributed by atoms with van der Waals surface area (Å²) < 4.78 is 9.25. The van der Waals surface area contributed by atoms with E-state index in [-0.39, 0.29) is 17.8 Å². The lowest BCUT2D eigenvalue weighted by Crippen LogP contribution is -2.31. The first-order chi connectivity index (χ1) is 10.1. The molecule has 114 valence electrons. The second kappa shape index (κ2) is 5.66. The number of benzene rings is 1. The number of hydrogen-bond donors (Lipinski definition) is 1. The van der Waals surface area contributed by atoms with Crippen molar-refractivity contribution < 1.29 is 4.74 Å². The predicted molar refractivity (Wildman–Crippen MR) is 83.6 cm³/mol. The van der Waals surface area contributed by atoms with Gasteiger partial charge in [0.05, 0.1) is 23.2 Å². The summed E-state index contributed by atoms with van der Waals surface area (Å²) in [6, 6.07) is 6.45. The molecule has 0 saturated carbocycles. The van der Waals surface area contributed by atoms with Gasteiger partial charge < -0.3 is 10.1 Å². The number of ether oxygens (including phenoxy) is 1. The van der Waals surface area contributed by atoms with E-state index >= 15 is 0 Å². The van der Waals surface area contributed by atoms with E-state index in [4.69, 9.17) is 4.74 Å². The number of aromatic nitrogens is 2. The summed E-state index contributed by atoms with van der Waals surface area (Å²) >= 11 is 0. The molecule has 0 bridgehead atoms. The van der Waals surface area contributed by atoms with Gasteiger partial charge in [-0.25, -0.2) is 4.79 Å². The van der Waals surface area contributed by atoms with Crippen LogP contribution in [0.15, 0.2) is 23.0 Å². The van der Waals surface area contributed by atoms with E-state index in [0.29, 0.717) is 0 Å². The Morgan fingerprint density at radius 1 is 1.33 bits per heavy atom. The van der Waals surface area contributed by atoms with Crippen molar-refractivity contribution in [3.63, 3.8) is 0 Å². The van der Waals surface area contributed by atoms with Crippen LogP contribution in [0.1, 0.15) is 31.4 Å². The fourth-order valence-electron chi connectivity index (χ4n) is 3.27. The van der Waals surface area contributed by atoms with Gasteiger partial charge in [0.2, 0.25) is 0 Å². The van der Waals surface area contributed by atoms with Crippen molar-refractivity contribution in [3.8, 4) is 0 Å². The van der Waals surface area contributed by atoms with Crippen LogP contribution < -0.4 is 11.0 Å². The van der Waals surface area contributed by atoms with Crippen LogP contribution in [0.3, 0.4) is 0 Å². The number of nitrogens with one attached hydrogen (secondary N) is 1. The Bertz CT molecular complexity index is 695. The average molecular weight is 289 g/mol. The zero-order valence-electron chi connectivity index (χ0n) is 12.9. The zero-order chi connectivity index (χ0) is 15.0. The van der Waals surface area contributed by atoms with E-state index < -0.39 is 0 Å². The lowest BCUT2D eigenvalue weighted by molar-refractivity contribution is 0.0788. The fraction of sp³-hybridized carbons (Fsp3) is 0.562. The minimum Gasteiger partial charge on any atom is -0.376 e. The highest BCUT2D eigenvalue weighted by molar-refractivity contribution is 5.77. The highest BCUT2D eigenvalue weighted by atomic mass is 16.5. The quantitative estimate of drug-likeness (QED) is 0.932. The van der Waals surface area contributed by atoms with Gasteiger partial charge in [-0.3, -0.25) is 9.13 Å². The maximum atomic E-state index is 12.0. The number of nitrogens with zero attached hydrogens (tertiary/aromatic N) is 2. The third-order valence-corrected chi connectivity index (χ3v) is 4.42. The second-order valence-electron chi connectivity index (χ2n) is 5.74. The molecule has 1 saturated heterocycles. The molecule has 5 heteroatoms. The summed E-state index contributed by atoms with van der Waals surface area (Å²) in [6.45, 7) is 3.85. The second-order valence-corrected chi connectivity index (χ2v) is 5.74. The van der Waals surface area contributed by atoms with Crippen LogP contribution in [0.4, 0.5) is 0 Å². The van der Waals surface area contributed by atoms with Crippen molar-refractivity contribution in [2.45, 2.75) is 31.9 Å². The number of hydrogen-bond acceptors (Lipinski definition) is 3. The van der Waals surface area contributed by atoms with E-state index in [1.54, 1.807) is 9.13 Å². The maximum Gasteiger partial charge on any atom is 0.328 e. The summed E-state index contributed by atoms with van der Waals surface area (Å²) in [4.78, 5) is 12.0. The van der Waals surface area contributed by atoms with Gasteiger partial charge in [0.25, 0.3) is 0 Å². The lowest BCUT2D eigenvalue weighted by Gasteiger charge is -2.24. The minimum absolute atomic E-state index is 0.0132. The highest BCUT2D eigenvalue weighted by Crippen LogP contribution is 2.28. The molecule has 0 radical (unpaired) electrons. The number of rotatable bonds is 4. The largest absolute Gasteiger partial charge is 0.376 e. The van der Waals surface area contributed by atoms with E-state index in [2.05, 4.69) is 24.4 Å². The van der Waals surface area contributed by atoms with Gasteiger partial charge in [-0.05, 0) is 37.1 Å². The van der Waals surface area contributed by atoms with Crippen molar-refractivity contribution in [3.05, 3.63) is 34.2 Å². The zero-order valence-corrected chi connectivity index (χ0v) is 12.9. The summed E-state index contributed by atoms with van der Waals surface area (Å²) in [6.07, 6.45) is 2.44. The lowest BCUT2D eigenvalue weighted by atomic mass is 9.98. The number of aryl methyl sites for hydroxylation is 2. The Morgan fingerprint density at radius 2 is 2.10 bits per heavy atom. The predicted octanol–water partition coefficient (Wildman–Crippen LogP) is 1.71. The van der Waals surface area contributed by atoms with Crippen LogP contribution in [0.2, 0.25) is 0 Å². The molecule has 1 aliphatic rings. The fourth-order valence-corrected chi connectivity index (χ4v) is 3.27. The molecule has 1 aromatic heterocycles. The molecule has 0 amide bonds. The van der Waals surface area contributed by atoms with Crippen LogP contribution in [0.25, 0.3) is 11.0 Å². The molecule has 0 spiro atoms. The topological polar surface area (TPSA) is 48.2 Å². The van der Waals surface area contributed by atoms with Gasteiger partial charge in [-0.1, -0.05) is 13.0 Å². The molecule has 1 aliphatic heterocycles. The van der Waals surface area contributed by atoms with Crippen LogP contribution in [-0.2, 0) is 18.8 Å². The molecule has 0 aliphatic carbocycles. The van der Waals surface area contributed by atoms with Gasteiger partial charge >= 0.3 is 5.69 Å². The van der Waals surface area contributed by atoms with Gasteiger partial charge in [-0.15, -0.1) is 0 Å². The van der Waals surface area contributed by atoms with Crippen molar-refractivity contribution in [1.29, 1.82) is 0 Å². The van der Waals surface area contributed by atoms with Crippen LogP contribution >= 0.6 is 0 Å². The Balaban J connectivity index is 2.05. The van der Waals surface area contributed by atoms with Gasteiger partial charge in [0.15, 0.2) is 0 Å². The minimum atomic E-state index is 0.0132. The summed E-state index contributed by atoms with van der Waals surface area (Å²) in [7, 11) is 3.63. The molecule has 2 unspecified atom stereocenters. The van der Waals surface area contributed by atoms with Crippen molar-refractivity contribution in [2.75, 3.05) is 13.2 Å². The van der Waals surface area contributed by atoms with Gasteiger partial charge in [0, 0.05) is 20.7 Å². The molecular formula is C16H23N3O2. The van der Waals surface area contributed by atoms with Gasteiger partial charge in [0.1, 0.15) is 0 Å². The normalized spacial score (nSPS) is 20.2. The Morgan fingerprint density at radius 3 is 2.76 bits per heavy atom. The molecule has 2 aromatic rings. The summed E-state index contributed by atoms with van der Waals surface area (Å²) in [5, 5.41) is 3.53.